The van der Waals surface area contributed by atoms with Crippen LogP contribution in [0.3, 0.4) is 0 Å². The Hall–Kier alpha value is -2.75. The standard InChI is InChI=1S/C24H27Cl2N7O2/c1-14-11-33-21(29-23(14)31-12-15(10-27-2)19(34)13-31)9-17(30-33)18-5-3-4-8-32(18)24(35)22-16(25)6-7-20(26)28-22/h6-7,9,11,15,18-19,34H,2-5,8,10,12-13H2,1H3/t15-,18+,19+/m1/s1. The minimum atomic E-state index is -0.466. The molecule has 0 bridgehead atoms. The number of aliphatic hydroxyl groups is 1. The highest BCUT2D eigenvalue weighted by atomic mass is 35.5. The molecule has 11 heteroatoms. The fraction of sp³-hybridized carbons (Fsp3) is 0.458. The Balaban J connectivity index is 1.45. The van der Waals surface area contributed by atoms with Crippen molar-refractivity contribution in [1.29, 1.82) is 0 Å². The van der Waals surface area contributed by atoms with E-state index in [0.29, 0.717) is 31.8 Å². The molecule has 1 N–H and O–H groups in total. The van der Waals surface area contributed by atoms with Gasteiger partial charge in [-0.3, -0.25) is 4.79 Å². The van der Waals surface area contributed by atoms with Crippen LogP contribution in [0.15, 0.2) is 29.4 Å². The van der Waals surface area contributed by atoms with Crippen molar-refractivity contribution in [1.82, 2.24) is 24.5 Å². The van der Waals surface area contributed by atoms with Gasteiger partial charge in [-0.25, -0.2) is 14.5 Å². The molecule has 2 aliphatic rings. The lowest BCUT2D eigenvalue weighted by Gasteiger charge is -2.34. The Bertz CT molecular complexity index is 1280. The number of carbonyl (C=O) groups excluding carboxylic acids is 1. The van der Waals surface area contributed by atoms with E-state index in [4.69, 9.17) is 33.3 Å². The molecular formula is C24H27Cl2N7O2. The molecule has 2 aliphatic heterocycles. The van der Waals surface area contributed by atoms with Crippen molar-refractivity contribution in [2.45, 2.75) is 38.3 Å². The molecule has 0 spiro atoms. The Morgan fingerprint density at radius 2 is 2.09 bits per heavy atom. The molecule has 9 nitrogen and oxygen atoms in total. The van der Waals surface area contributed by atoms with Gasteiger partial charge in [-0.2, -0.15) is 5.10 Å². The first-order chi connectivity index (χ1) is 16.9. The molecule has 0 saturated carbocycles. The number of aromatic nitrogens is 4. The third kappa shape index (κ3) is 4.60. The van der Waals surface area contributed by atoms with Gasteiger partial charge in [-0.15, -0.1) is 0 Å². The number of anilines is 1. The maximum Gasteiger partial charge on any atom is 0.274 e. The minimum absolute atomic E-state index is 0.0409. The topological polar surface area (TPSA) is 99.2 Å². The summed E-state index contributed by atoms with van der Waals surface area (Å²) in [4.78, 5) is 30.3. The van der Waals surface area contributed by atoms with E-state index in [1.54, 1.807) is 21.5 Å². The molecule has 184 valence electrons. The SMILES string of the molecule is C=NC[C@@H]1CN(c2nc3cc([C@@H]4CCCCN4C(=O)c4nc(Cl)ccc4Cl)nn3cc2C)C[C@@H]1O. The number of β-amino-alcohol motifs (C(OH)–C–C–N with tert-alkyl or cyclic N) is 1. The molecule has 0 unspecified atom stereocenters. The van der Waals surface area contributed by atoms with E-state index in [1.165, 1.54) is 0 Å². The summed E-state index contributed by atoms with van der Waals surface area (Å²) in [5.41, 5.74) is 2.58. The summed E-state index contributed by atoms with van der Waals surface area (Å²) in [7, 11) is 0. The number of halogens is 2. The zero-order valence-corrected chi connectivity index (χ0v) is 21.0. The van der Waals surface area contributed by atoms with Crippen molar-refractivity contribution in [3.05, 3.63) is 51.5 Å². The number of rotatable bonds is 5. The van der Waals surface area contributed by atoms with Crippen molar-refractivity contribution in [2.75, 3.05) is 31.1 Å². The molecule has 3 aromatic rings. The zero-order chi connectivity index (χ0) is 24.7. The molecule has 2 saturated heterocycles. The first kappa shape index (κ1) is 24.0. The van der Waals surface area contributed by atoms with Gasteiger partial charge in [0.25, 0.3) is 5.91 Å². The third-order valence-corrected chi connectivity index (χ3v) is 7.33. The molecule has 3 atom stereocenters. The quantitative estimate of drug-likeness (QED) is 0.411. The van der Waals surface area contributed by atoms with E-state index in [0.717, 1.165) is 36.3 Å². The van der Waals surface area contributed by atoms with Crippen LogP contribution in [0.2, 0.25) is 10.2 Å². The van der Waals surface area contributed by atoms with E-state index in [1.807, 2.05) is 19.2 Å². The van der Waals surface area contributed by atoms with Gasteiger partial charge in [0.15, 0.2) is 5.65 Å². The molecule has 3 aromatic heterocycles. The fourth-order valence-electron chi connectivity index (χ4n) is 5.06. The summed E-state index contributed by atoms with van der Waals surface area (Å²) in [6.45, 7) is 7.82. The lowest BCUT2D eigenvalue weighted by Crippen LogP contribution is -2.39. The Morgan fingerprint density at radius 3 is 2.89 bits per heavy atom. The number of aryl methyl sites for hydroxylation is 1. The number of aliphatic hydroxyl groups excluding tert-OH is 1. The normalized spacial score (nSPS) is 22.7. The third-order valence-electron chi connectivity index (χ3n) is 6.81. The number of nitrogens with zero attached hydrogens (tertiary/aromatic N) is 7. The van der Waals surface area contributed by atoms with Crippen LogP contribution in [0, 0.1) is 12.8 Å². The van der Waals surface area contributed by atoms with Crippen LogP contribution in [-0.2, 0) is 0 Å². The highest BCUT2D eigenvalue weighted by Gasteiger charge is 2.34. The van der Waals surface area contributed by atoms with Crippen LogP contribution >= 0.6 is 23.2 Å². The number of fused-ring (bicyclic) bond motifs is 1. The van der Waals surface area contributed by atoms with Gasteiger partial charge in [-0.1, -0.05) is 23.2 Å². The van der Waals surface area contributed by atoms with Gasteiger partial charge in [0.1, 0.15) is 16.7 Å². The van der Waals surface area contributed by atoms with Crippen molar-refractivity contribution in [3.8, 4) is 0 Å². The van der Waals surface area contributed by atoms with Crippen molar-refractivity contribution < 1.29 is 9.90 Å². The van der Waals surface area contributed by atoms with Crippen LogP contribution in [0.4, 0.5) is 5.82 Å². The summed E-state index contributed by atoms with van der Waals surface area (Å²) in [6.07, 6.45) is 4.15. The highest BCUT2D eigenvalue weighted by Crippen LogP contribution is 2.34. The summed E-state index contributed by atoms with van der Waals surface area (Å²) in [5.74, 6) is 0.609. The van der Waals surface area contributed by atoms with Crippen molar-refractivity contribution >= 4 is 47.3 Å². The van der Waals surface area contributed by atoms with Gasteiger partial charge < -0.3 is 19.9 Å². The van der Waals surface area contributed by atoms with E-state index in [2.05, 4.69) is 21.6 Å². The Labute approximate surface area is 213 Å². The predicted octanol–water partition coefficient (Wildman–Crippen LogP) is 3.60. The largest absolute Gasteiger partial charge is 0.391 e. The molecule has 0 aliphatic carbocycles. The van der Waals surface area contributed by atoms with E-state index in [-0.39, 0.29) is 33.7 Å². The van der Waals surface area contributed by atoms with Crippen LogP contribution in [-0.4, -0.2) is 74.5 Å². The molecule has 1 amide bonds. The van der Waals surface area contributed by atoms with Crippen LogP contribution < -0.4 is 4.90 Å². The van der Waals surface area contributed by atoms with Gasteiger partial charge in [0.05, 0.1) is 22.9 Å². The first-order valence-corrected chi connectivity index (χ1v) is 12.5. The molecule has 5 rings (SSSR count). The molecule has 0 aromatic carbocycles. The van der Waals surface area contributed by atoms with Gasteiger partial charge in [0, 0.05) is 49.9 Å². The number of carbonyl (C=O) groups is 1. The van der Waals surface area contributed by atoms with Gasteiger partial charge >= 0.3 is 0 Å². The maximum absolute atomic E-state index is 13.4. The average molecular weight is 516 g/mol. The number of hydrogen-bond acceptors (Lipinski definition) is 7. The minimum Gasteiger partial charge on any atom is -0.391 e. The average Bonchev–Trinajstić information content (AvgIpc) is 3.42. The first-order valence-electron chi connectivity index (χ1n) is 11.7. The second kappa shape index (κ2) is 9.72. The molecule has 35 heavy (non-hydrogen) atoms. The Morgan fingerprint density at radius 1 is 1.26 bits per heavy atom. The number of amides is 1. The summed E-state index contributed by atoms with van der Waals surface area (Å²) in [5, 5.41) is 15.7. The smallest absolute Gasteiger partial charge is 0.274 e. The second-order valence-electron chi connectivity index (χ2n) is 9.23. The number of aliphatic imine (C=N–C) groups is 1. The summed E-state index contributed by atoms with van der Waals surface area (Å²) >= 11 is 12.3. The monoisotopic (exact) mass is 515 g/mol. The zero-order valence-electron chi connectivity index (χ0n) is 19.4. The Kier molecular flexibility index (Phi) is 6.65. The van der Waals surface area contributed by atoms with Crippen molar-refractivity contribution in [2.24, 2.45) is 10.9 Å². The molecule has 0 radical (unpaired) electrons. The fourth-order valence-corrected chi connectivity index (χ4v) is 5.39. The van der Waals surface area contributed by atoms with Crippen molar-refractivity contribution in [3.63, 3.8) is 0 Å². The van der Waals surface area contributed by atoms with Crippen LogP contribution in [0.5, 0.6) is 0 Å². The van der Waals surface area contributed by atoms with Crippen LogP contribution in [0.25, 0.3) is 5.65 Å². The predicted molar refractivity (Wildman–Crippen MR) is 136 cm³/mol. The van der Waals surface area contributed by atoms with Gasteiger partial charge in [0.2, 0.25) is 0 Å². The maximum atomic E-state index is 13.4. The molecule has 5 heterocycles. The lowest BCUT2D eigenvalue weighted by atomic mass is 9.99. The molecular weight excluding hydrogens is 489 g/mol. The van der Waals surface area contributed by atoms with E-state index in [9.17, 15) is 9.90 Å². The van der Waals surface area contributed by atoms with E-state index >= 15 is 0 Å². The number of likely N-dealkylation sites (tertiary alicyclic amines) is 1. The van der Waals surface area contributed by atoms with Gasteiger partial charge in [-0.05, 0) is 45.0 Å². The molecule has 2 fully saturated rings. The second-order valence-corrected chi connectivity index (χ2v) is 10.0. The van der Waals surface area contributed by atoms with Crippen LogP contribution in [0.1, 0.15) is 47.1 Å². The number of pyridine rings is 1. The lowest BCUT2D eigenvalue weighted by molar-refractivity contribution is 0.0600. The number of hydrogen-bond donors (Lipinski definition) is 1. The summed E-state index contributed by atoms with van der Waals surface area (Å²) in [6, 6.07) is 4.88. The summed E-state index contributed by atoms with van der Waals surface area (Å²) < 4.78 is 1.76. The number of piperidine rings is 1. The van der Waals surface area contributed by atoms with E-state index < -0.39 is 6.10 Å². The highest BCUT2D eigenvalue weighted by molar-refractivity contribution is 6.34.